The van der Waals surface area contributed by atoms with E-state index in [1.54, 1.807) is 28.8 Å². The summed E-state index contributed by atoms with van der Waals surface area (Å²) >= 11 is 1.30. The molecule has 4 heterocycles. The molecule has 5 aromatic carbocycles. The van der Waals surface area contributed by atoms with Crippen molar-refractivity contribution in [1.82, 2.24) is 34.4 Å². The average molecular weight is 1480 g/mol. The SMILES string of the molecule is Cc1nc(NCCCCCC(=O)N(C)CCN2CCC(OC(=O)Nc3ccccc3-c3ccccc3)CC2)sc1C(=O)N(C)CCCN(C)C(=O)CO[C@H]1Cc2ccccc2C12CCN(CC[C@@]1(c3ccc(F)cc3)CN(C(=O)c3cc(C(F)(F)F)cc(C(F)(F)F)c3)CO1)CC2.Cl.Cl.Cl. The number of aryl methyl sites for hydroxylation is 1. The fraction of sp³-hybridized carbons (Fsp3) is 0.472. The topological polar surface area (TPSA) is 169 Å². The number of carbonyl (C=O) groups is 5. The Morgan fingerprint density at radius 1 is 0.710 bits per heavy atom. The van der Waals surface area contributed by atoms with Gasteiger partial charge >= 0.3 is 18.4 Å². The van der Waals surface area contributed by atoms with Crippen LogP contribution in [-0.2, 0) is 53.6 Å². The van der Waals surface area contributed by atoms with Crippen LogP contribution in [0.5, 0.6) is 0 Å². The maximum absolute atomic E-state index is 14.2. The third kappa shape index (κ3) is 20.2. The molecule has 2 atom stereocenters. The minimum Gasteiger partial charge on any atom is -0.446 e. The van der Waals surface area contributed by atoms with Crippen LogP contribution in [0.4, 0.5) is 46.3 Å². The summed E-state index contributed by atoms with van der Waals surface area (Å²) in [6.45, 7) is 6.95. The van der Waals surface area contributed by atoms with Gasteiger partial charge in [-0.25, -0.2) is 14.2 Å². The molecule has 3 fully saturated rings. The predicted molar refractivity (Wildman–Crippen MR) is 377 cm³/mol. The highest BCUT2D eigenvalue weighted by Gasteiger charge is 2.50. The second-order valence-electron chi connectivity index (χ2n) is 25.8. The number of fused-ring (bicyclic) bond motifs is 2. The number of para-hydroxylation sites is 1. The Balaban J connectivity index is 0.00000468. The molecule has 28 heteroatoms. The number of alkyl halides is 6. The molecular formula is C72H87Cl3F7N9O8S. The quantitative estimate of drug-likeness (QED) is 0.0390. The molecule has 1 aliphatic carbocycles. The summed E-state index contributed by atoms with van der Waals surface area (Å²) in [5.41, 5.74) is 0.347. The van der Waals surface area contributed by atoms with Gasteiger partial charge in [-0.3, -0.25) is 24.5 Å². The molecule has 2 N–H and O–H groups in total. The average Bonchev–Trinajstić information content (AvgIpc) is 1.58. The Morgan fingerprint density at radius 3 is 2.03 bits per heavy atom. The van der Waals surface area contributed by atoms with Gasteiger partial charge in [-0.05, 0) is 136 Å². The van der Waals surface area contributed by atoms with Gasteiger partial charge in [-0.2, -0.15) is 26.3 Å². The molecule has 5 amide bonds. The van der Waals surface area contributed by atoms with Crippen LogP contribution in [0.2, 0.25) is 0 Å². The van der Waals surface area contributed by atoms with Crippen LogP contribution in [0, 0.1) is 12.7 Å². The van der Waals surface area contributed by atoms with Crippen molar-refractivity contribution >= 4 is 89.1 Å². The highest BCUT2D eigenvalue weighted by molar-refractivity contribution is 7.17. The van der Waals surface area contributed by atoms with Gasteiger partial charge in [-0.1, -0.05) is 103 Å². The predicted octanol–water partition coefficient (Wildman–Crippen LogP) is 14.0. The molecule has 3 saturated heterocycles. The molecular weight excluding hydrogens is 1390 g/mol. The molecule has 17 nitrogen and oxygen atoms in total. The number of aromatic nitrogens is 1. The van der Waals surface area contributed by atoms with Crippen LogP contribution in [0.15, 0.2) is 121 Å². The van der Waals surface area contributed by atoms with E-state index in [0.29, 0.717) is 117 Å². The minimum atomic E-state index is -5.15. The lowest BCUT2D eigenvalue weighted by Gasteiger charge is -2.44. The molecule has 0 bridgehead atoms. The van der Waals surface area contributed by atoms with Gasteiger partial charge in [0.25, 0.3) is 11.8 Å². The number of hydrogen-bond acceptors (Lipinski definition) is 13. The molecule has 3 aliphatic heterocycles. The van der Waals surface area contributed by atoms with Crippen LogP contribution in [-0.4, -0.2) is 183 Å². The zero-order valence-electron chi connectivity index (χ0n) is 56.3. The summed E-state index contributed by atoms with van der Waals surface area (Å²) in [5.74, 6) is -1.87. The Hall–Kier alpha value is -7.10. The Bertz CT molecular complexity index is 3680. The lowest BCUT2D eigenvalue weighted by Crippen LogP contribution is -2.50. The van der Waals surface area contributed by atoms with Crippen molar-refractivity contribution in [2.45, 2.75) is 113 Å². The molecule has 100 heavy (non-hydrogen) atoms. The first-order valence-electron chi connectivity index (χ1n) is 33.1. The van der Waals surface area contributed by atoms with E-state index < -0.39 is 64.6 Å². The van der Waals surface area contributed by atoms with Crippen molar-refractivity contribution in [3.05, 3.63) is 171 Å². The maximum atomic E-state index is 14.2. The lowest BCUT2D eigenvalue weighted by molar-refractivity contribution is -0.143. The van der Waals surface area contributed by atoms with Crippen LogP contribution >= 0.6 is 48.6 Å². The summed E-state index contributed by atoms with van der Waals surface area (Å²) in [6.07, 6.45) is -4.24. The second kappa shape index (κ2) is 35.7. The number of ether oxygens (including phenoxy) is 3. The zero-order valence-corrected chi connectivity index (χ0v) is 59.6. The lowest BCUT2D eigenvalue weighted by atomic mass is 9.72. The highest BCUT2D eigenvalue weighted by atomic mass is 35.5. The molecule has 1 aromatic heterocycles. The monoisotopic (exact) mass is 1480 g/mol. The van der Waals surface area contributed by atoms with Crippen molar-refractivity contribution in [1.29, 1.82) is 0 Å². The van der Waals surface area contributed by atoms with Crippen molar-refractivity contribution in [3.8, 4) is 11.1 Å². The van der Waals surface area contributed by atoms with E-state index in [2.05, 4.69) is 37.6 Å². The number of amides is 5. The van der Waals surface area contributed by atoms with E-state index in [1.165, 1.54) is 35.6 Å². The third-order valence-electron chi connectivity index (χ3n) is 19.3. The summed E-state index contributed by atoms with van der Waals surface area (Å²) in [4.78, 5) is 82.8. The molecule has 1 spiro atoms. The van der Waals surface area contributed by atoms with Gasteiger partial charge in [0.05, 0.1) is 35.2 Å². The van der Waals surface area contributed by atoms with Gasteiger partial charge in [0.15, 0.2) is 5.13 Å². The third-order valence-corrected chi connectivity index (χ3v) is 20.4. The molecule has 6 aromatic rings. The second-order valence-corrected chi connectivity index (χ2v) is 26.8. The van der Waals surface area contributed by atoms with Crippen LogP contribution in [0.1, 0.15) is 118 Å². The molecule has 10 rings (SSSR count). The van der Waals surface area contributed by atoms with E-state index in [9.17, 15) is 54.7 Å². The number of likely N-dealkylation sites (N-methyl/N-ethyl adjacent to an activating group) is 2. The first-order chi connectivity index (χ1) is 46.4. The highest BCUT2D eigenvalue weighted by Crippen LogP contribution is 2.49. The van der Waals surface area contributed by atoms with Crippen molar-refractivity contribution in [3.63, 3.8) is 0 Å². The summed E-state index contributed by atoms with van der Waals surface area (Å²) in [7, 11) is 5.28. The number of carbonyl (C=O) groups excluding carboxylic acids is 5. The number of nitrogens with zero attached hydrogens (tertiary/aromatic N) is 7. The molecule has 0 unspecified atom stereocenters. The minimum absolute atomic E-state index is 0. The number of thiazole rings is 1. The summed E-state index contributed by atoms with van der Waals surface area (Å²) < 4.78 is 116. The zero-order chi connectivity index (χ0) is 69.1. The van der Waals surface area contributed by atoms with Crippen molar-refractivity contribution < 1.29 is 68.9 Å². The van der Waals surface area contributed by atoms with Gasteiger partial charge in [-0.15, -0.1) is 37.2 Å². The van der Waals surface area contributed by atoms with E-state index in [4.69, 9.17) is 14.2 Å². The van der Waals surface area contributed by atoms with Crippen molar-refractivity contribution in [2.75, 3.05) is 117 Å². The number of rotatable bonds is 26. The van der Waals surface area contributed by atoms with Gasteiger partial charge in [0.2, 0.25) is 11.8 Å². The summed E-state index contributed by atoms with van der Waals surface area (Å²) in [5, 5.41) is 6.92. The Morgan fingerprint density at radius 2 is 1.34 bits per heavy atom. The van der Waals surface area contributed by atoms with Gasteiger partial charge in [0.1, 0.15) is 35.7 Å². The van der Waals surface area contributed by atoms with Crippen LogP contribution in [0.3, 0.4) is 0 Å². The molecule has 4 aliphatic rings. The fourth-order valence-electron chi connectivity index (χ4n) is 13.6. The number of likely N-dealkylation sites (tertiary alicyclic amines) is 2. The standard InChI is InChI=1S/C72H84F7N9O8S.3ClH/c1-49-64(97-67(81-49)80-32-14-6-9-22-62(89)84(3)40-41-86-35-27-57(28-36-86)96-68(93)82-60-21-13-11-19-58(60)50-16-7-5-8-17-50)66(92)85(4)34-15-33-83(2)63(90)46-94-61-44-51-18-10-12-20-59(51)69(61)29-37-87(38-30-69)39-31-70(53-23-25-56(73)26-24-53)47-88(48-95-70)65(91)52-42-54(71(74,75)76)45-55(43-52)72(77,78)79;;;/h5,7-8,10-13,16-21,23-26,42-43,45,57,61H,6,9,14-15,22,27-41,44,46-48H2,1-4H3,(H,80,81)(H,82,93);3*1H/t61-,70-;;;/m0.../s1. The van der Waals surface area contributed by atoms with Crippen LogP contribution in [0.25, 0.3) is 11.1 Å². The van der Waals surface area contributed by atoms with Gasteiger partial charge in [0, 0.05) is 96.5 Å². The van der Waals surface area contributed by atoms with Gasteiger partial charge < -0.3 is 48.9 Å². The van der Waals surface area contributed by atoms with E-state index in [-0.39, 0.29) is 92.8 Å². The smallest absolute Gasteiger partial charge is 0.416 e. The number of nitrogens with one attached hydrogen (secondary N) is 2. The Labute approximate surface area is 601 Å². The number of piperidine rings is 2. The number of unbranched alkanes of at least 4 members (excludes halogenated alkanes) is 2. The summed E-state index contributed by atoms with van der Waals surface area (Å²) in [6, 6.07) is 31.9. The Kier molecular flexibility index (Phi) is 28.6. The number of anilines is 2. The van der Waals surface area contributed by atoms with E-state index in [1.807, 2.05) is 80.7 Å². The fourth-order valence-corrected chi connectivity index (χ4v) is 14.6. The van der Waals surface area contributed by atoms with Crippen molar-refractivity contribution in [2.24, 2.45) is 0 Å². The molecule has 0 radical (unpaired) electrons. The maximum Gasteiger partial charge on any atom is 0.416 e. The molecule has 544 valence electrons. The van der Waals surface area contributed by atoms with E-state index in [0.717, 1.165) is 78.9 Å². The largest absolute Gasteiger partial charge is 0.446 e. The normalized spacial score (nSPS) is 17.7. The molecule has 0 saturated carbocycles. The number of halogens is 10. The number of benzene rings is 5. The van der Waals surface area contributed by atoms with Crippen LogP contribution < -0.4 is 10.6 Å². The van der Waals surface area contributed by atoms with E-state index >= 15 is 0 Å². The first-order valence-corrected chi connectivity index (χ1v) is 33.9. The first kappa shape index (κ1) is 80.2. The number of hydrogen-bond donors (Lipinski definition) is 2.